The highest BCUT2D eigenvalue weighted by molar-refractivity contribution is 14.1. The second-order valence-electron chi connectivity index (χ2n) is 2.16. The maximum Gasteiger partial charge on any atom is 0.136 e. The van der Waals surface area contributed by atoms with E-state index in [1.807, 2.05) is 12.1 Å². The Morgan fingerprint density at radius 1 is 1.17 bits per heavy atom. The number of thiol groups is 1. The van der Waals surface area contributed by atoms with Gasteiger partial charge in [-0.05, 0) is 34.7 Å². The SMILES string of the molecule is COc1cc(I)cc(OC)c1S. The minimum Gasteiger partial charge on any atom is -0.495 e. The van der Waals surface area contributed by atoms with E-state index in [0.29, 0.717) is 0 Å². The average molecular weight is 296 g/mol. The first-order chi connectivity index (χ1) is 5.69. The first kappa shape index (κ1) is 9.98. The van der Waals surface area contributed by atoms with Gasteiger partial charge in [-0.15, -0.1) is 12.6 Å². The fraction of sp³-hybridized carbons (Fsp3) is 0.250. The van der Waals surface area contributed by atoms with E-state index in [2.05, 4.69) is 35.2 Å². The fourth-order valence-electron chi connectivity index (χ4n) is 0.861. The van der Waals surface area contributed by atoms with Gasteiger partial charge in [0.05, 0.1) is 19.1 Å². The van der Waals surface area contributed by atoms with Crippen molar-refractivity contribution in [2.75, 3.05) is 14.2 Å². The largest absolute Gasteiger partial charge is 0.495 e. The third kappa shape index (κ3) is 1.98. The molecule has 66 valence electrons. The molecule has 0 radical (unpaired) electrons. The van der Waals surface area contributed by atoms with Crippen LogP contribution in [0, 0.1) is 3.57 Å². The fourth-order valence-corrected chi connectivity index (χ4v) is 1.74. The van der Waals surface area contributed by atoms with Crippen molar-refractivity contribution in [2.24, 2.45) is 0 Å². The van der Waals surface area contributed by atoms with Crippen LogP contribution in [0.25, 0.3) is 0 Å². The summed E-state index contributed by atoms with van der Waals surface area (Å²) in [6, 6.07) is 3.82. The highest BCUT2D eigenvalue weighted by Gasteiger charge is 2.06. The summed E-state index contributed by atoms with van der Waals surface area (Å²) in [5, 5.41) is 0. The summed E-state index contributed by atoms with van der Waals surface area (Å²) in [6.07, 6.45) is 0. The number of benzene rings is 1. The molecule has 0 amide bonds. The third-order valence-electron chi connectivity index (χ3n) is 1.44. The molecule has 1 aromatic carbocycles. The quantitative estimate of drug-likeness (QED) is 0.668. The van der Waals surface area contributed by atoms with Crippen LogP contribution in [0.15, 0.2) is 17.0 Å². The van der Waals surface area contributed by atoms with Crippen molar-refractivity contribution >= 4 is 35.2 Å². The maximum absolute atomic E-state index is 5.11. The van der Waals surface area contributed by atoms with Gasteiger partial charge in [-0.25, -0.2) is 0 Å². The Bertz CT molecular complexity index is 263. The van der Waals surface area contributed by atoms with Crippen molar-refractivity contribution < 1.29 is 9.47 Å². The number of halogens is 1. The van der Waals surface area contributed by atoms with Crippen molar-refractivity contribution in [3.63, 3.8) is 0 Å². The van der Waals surface area contributed by atoms with Crippen LogP contribution < -0.4 is 9.47 Å². The van der Waals surface area contributed by atoms with Crippen LogP contribution in [0.3, 0.4) is 0 Å². The van der Waals surface area contributed by atoms with Gasteiger partial charge in [0.2, 0.25) is 0 Å². The smallest absolute Gasteiger partial charge is 0.136 e. The van der Waals surface area contributed by atoms with E-state index in [4.69, 9.17) is 9.47 Å². The molecule has 0 aliphatic heterocycles. The molecule has 0 N–H and O–H groups in total. The summed E-state index contributed by atoms with van der Waals surface area (Å²) in [5.41, 5.74) is 0. The van der Waals surface area contributed by atoms with Gasteiger partial charge in [-0.2, -0.15) is 0 Å². The van der Waals surface area contributed by atoms with Crippen LogP contribution in [0.2, 0.25) is 0 Å². The molecular weight excluding hydrogens is 287 g/mol. The number of hydrogen-bond acceptors (Lipinski definition) is 3. The molecular formula is C8H9IO2S. The van der Waals surface area contributed by atoms with Crippen LogP contribution in [0.4, 0.5) is 0 Å². The molecule has 0 aliphatic carbocycles. The Labute approximate surface area is 90.8 Å². The second kappa shape index (κ2) is 4.23. The van der Waals surface area contributed by atoms with E-state index in [-0.39, 0.29) is 0 Å². The lowest BCUT2D eigenvalue weighted by Gasteiger charge is -2.08. The maximum atomic E-state index is 5.11. The van der Waals surface area contributed by atoms with Crippen LogP contribution in [-0.2, 0) is 0 Å². The Hall–Kier alpha value is -0.100. The molecule has 0 atom stereocenters. The highest BCUT2D eigenvalue weighted by atomic mass is 127. The van der Waals surface area contributed by atoms with Crippen LogP contribution >= 0.6 is 35.2 Å². The average Bonchev–Trinajstić information content (AvgIpc) is 2.08. The lowest BCUT2D eigenvalue weighted by Crippen LogP contribution is -1.90. The summed E-state index contributed by atoms with van der Waals surface area (Å²) in [7, 11) is 3.23. The zero-order chi connectivity index (χ0) is 9.14. The highest BCUT2D eigenvalue weighted by Crippen LogP contribution is 2.33. The van der Waals surface area contributed by atoms with Crippen molar-refractivity contribution in [3.05, 3.63) is 15.7 Å². The van der Waals surface area contributed by atoms with Crippen LogP contribution in [0.5, 0.6) is 11.5 Å². The second-order valence-corrected chi connectivity index (χ2v) is 3.85. The van der Waals surface area contributed by atoms with E-state index >= 15 is 0 Å². The van der Waals surface area contributed by atoms with Gasteiger partial charge in [0.25, 0.3) is 0 Å². The van der Waals surface area contributed by atoms with E-state index in [0.717, 1.165) is 20.0 Å². The molecule has 0 aliphatic rings. The van der Waals surface area contributed by atoms with Crippen LogP contribution in [0.1, 0.15) is 0 Å². The van der Waals surface area contributed by atoms with E-state index in [9.17, 15) is 0 Å². The minimum absolute atomic E-state index is 0.736. The Morgan fingerprint density at radius 2 is 1.58 bits per heavy atom. The molecule has 0 unspecified atom stereocenters. The van der Waals surface area contributed by atoms with E-state index < -0.39 is 0 Å². The molecule has 4 heteroatoms. The van der Waals surface area contributed by atoms with Gasteiger partial charge >= 0.3 is 0 Å². The lowest BCUT2D eigenvalue weighted by atomic mass is 10.3. The van der Waals surface area contributed by atoms with Gasteiger partial charge in [0.15, 0.2) is 0 Å². The molecule has 0 bridgehead atoms. The van der Waals surface area contributed by atoms with E-state index in [1.165, 1.54) is 0 Å². The van der Waals surface area contributed by atoms with Crippen molar-refractivity contribution in [3.8, 4) is 11.5 Å². The molecule has 0 fully saturated rings. The van der Waals surface area contributed by atoms with Gasteiger partial charge in [-0.1, -0.05) is 0 Å². The van der Waals surface area contributed by atoms with Crippen LogP contribution in [-0.4, -0.2) is 14.2 Å². The first-order valence-electron chi connectivity index (χ1n) is 3.29. The topological polar surface area (TPSA) is 18.5 Å². The zero-order valence-corrected chi connectivity index (χ0v) is 9.85. The summed E-state index contributed by atoms with van der Waals surface area (Å²) in [6.45, 7) is 0. The van der Waals surface area contributed by atoms with Crippen molar-refractivity contribution in [2.45, 2.75) is 4.90 Å². The first-order valence-corrected chi connectivity index (χ1v) is 4.82. The molecule has 0 spiro atoms. The predicted molar refractivity (Wildman–Crippen MR) is 59.5 cm³/mol. The van der Waals surface area contributed by atoms with E-state index in [1.54, 1.807) is 14.2 Å². The molecule has 0 heterocycles. The van der Waals surface area contributed by atoms with Gasteiger partial charge in [0.1, 0.15) is 11.5 Å². The standard InChI is InChI=1S/C8H9IO2S/c1-10-6-3-5(9)4-7(11-2)8(6)12/h3-4,12H,1-2H3. The third-order valence-corrected chi connectivity index (χ3v) is 2.51. The Balaban J connectivity index is 3.22. The van der Waals surface area contributed by atoms with Crippen molar-refractivity contribution in [1.29, 1.82) is 0 Å². The molecule has 2 nitrogen and oxygen atoms in total. The van der Waals surface area contributed by atoms with Gasteiger partial charge < -0.3 is 9.47 Å². The Morgan fingerprint density at radius 3 is 1.92 bits per heavy atom. The molecule has 0 saturated carbocycles. The number of rotatable bonds is 2. The minimum atomic E-state index is 0.736. The van der Waals surface area contributed by atoms with Gasteiger partial charge in [0, 0.05) is 3.57 Å². The van der Waals surface area contributed by atoms with Crippen molar-refractivity contribution in [1.82, 2.24) is 0 Å². The molecule has 0 aromatic heterocycles. The monoisotopic (exact) mass is 296 g/mol. The normalized spacial score (nSPS) is 9.67. The summed E-state index contributed by atoms with van der Waals surface area (Å²) < 4.78 is 11.3. The lowest BCUT2D eigenvalue weighted by molar-refractivity contribution is 0.376. The summed E-state index contributed by atoms with van der Waals surface area (Å²) in [5.74, 6) is 1.48. The summed E-state index contributed by atoms with van der Waals surface area (Å²) in [4.78, 5) is 0.736. The number of ether oxygens (including phenoxy) is 2. The zero-order valence-electron chi connectivity index (χ0n) is 6.80. The summed E-state index contributed by atoms with van der Waals surface area (Å²) >= 11 is 6.47. The number of hydrogen-bond donors (Lipinski definition) is 1. The Kier molecular flexibility index (Phi) is 3.52. The molecule has 0 saturated heterocycles. The number of methoxy groups -OCH3 is 2. The molecule has 12 heavy (non-hydrogen) atoms. The van der Waals surface area contributed by atoms with Gasteiger partial charge in [-0.3, -0.25) is 0 Å². The molecule has 1 aromatic rings. The predicted octanol–water partition coefficient (Wildman–Crippen LogP) is 2.60. The molecule has 1 rings (SSSR count).